The maximum Gasteiger partial charge on any atom is 0.255 e. The van der Waals surface area contributed by atoms with E-state index in [2.05, 4.69) is 0 Å². The summed E-state index contributed by atoms with van der Waals surface area (Å²) in [7, 11) is 1.62. The molecule has 0 radical (unpaired) electrons. The highest BCUT2D eigenvalue weighted by Gasteiger charge is 2.35. The predicted molar refractivity (Wildman–Crippen MR) is 104 cm³/mol. The van der Waals surface area contributed by atoms with E-state index in [0.29, 0.717) is 32.8 Å². The van der Waals surface area contributed by atoms with Crippen LogP contribution >= 0.6 is 0 Å². The van der Waals surface area contributed by atoms with Gasteiger partial charge in [0.15, 0.2) is 0 Å². The summed E-state index contributed by atoms with van der Waals surface area (Å²) in [5.41, 5.74) is 2.66. The Morgan fingerprint density at radius 3 is 2.50 bits per heavy atom. The van der Waals surface area contributed by atoms with Gasteiger partial charge < -0.3 is 19.3 Å². The fourth-order valence-corrected chi connectivity index (χ4v) is 3.87. The Hall–Kier alpha value is -2.86. The largest absolute Gasteiger partial charge is 0.497 e. The van der Waals surface area contributed by atoms with Crippen LogP contribution in [0, 0.1) is 0 Å². The van der Waals surface area contributed by atoms with Crippen molar-refractivity contribution < 1.29 is 19.1 Å². The summed E-state index contributed by atoms with van der Waals surface area (Å²) >= 11 is 0. The van der Waals surface area contributed by atoms with E-state index < -0.39 is 0 Å². The van der Waals surface area contributed by atoms with E-state index in [1.807, 2.05) is 58.3 Å². The van der Waals surface area contributed by atoms with Gasteiger partial charge in [-0.2, -0.15) is 0 Å². The number of ether oxygens (including phenoxy) is 2. The van der Waals surface area contributed by atoms with E-state index in [0.717, 1.165) is 22.4 Å². The minimum Gasteiger partial charge on any atom is -0.497 e. The molecule has 0 N–H and O–H groups in total. The van der Waals surface area contributed by atoms with E-state index in [1.165, 1.54) is 0 Å². The van der Waals surface area contributed by atoms with Crippen LogP contribution in [0.5, 0.6) is 5.75 Å². The fraction of sp³-hybridized carbons (Fsp3) is 0.364. The second kappa shape index (κ2) is 8.02. The van der Waals surface area contributed by atoms with Gasteiger partial charge in [-0.3, -0.25) is 9.59 Å². The number of hydrogen-bond donors (Lipinski definition) is 0. The number of hydrogen-bond acceptors (Lipinski definition) is 4. The average Bonchev–Trinajstić information content (AvgIpc) is 3.09. The molecule has 2 aliphatic heterocycles. The number of methoxy groups -OCH3 is 1. The van der Waals surface area contributed by atoms with E-state index in [-0.39, 0.29) is 24.3 Å². The SMILES string of the molecule is COc1ccc(C(CC(=O)N2CCOCC2)N2Cc3ccccc3C2=O)cc1. The lowest BCUT2D eigenvalue weighted by Gasteiger charge is -2.32. The van der Waals surface area contributed by atoms with Crippen molar-refractivity contribution in [1.29, 1.82) is 0 Å². The summed E-state index contributed by atoms with van der Waals surface area (Å²) in [5.74, 6) is 0.775. The van der Waals surface area contributed by atoms with Gasteiger partial charge in [0.1, 0.15) is 5.75 Å². The second-order valence-corrected chi connectivity index (χ2v) is 7.08. The standard InChI is InChI=1S/C22H24N2O4/c1-27-18-8-6-16(7-9-18)20(14-21(25)23-10-12-28-13-11-23)24-15-17-4-2-3-5-19(17)22(24)26/h2-9,20H,10-15H2,1H3. The highest BCUT2D eigenvalue weighted by molar-refractivity contribution is 5.98. The number of nitrogens with zero attached hydrogens (tertiary/aromatic N) is 2. The molecule has 1 fully saturated rings. The Labute approximate surface area is 164 Å². The molecule has 2 aliphatic rings. The molecular weight excluding hydrogens is 356 g/mol. The van der Waals surface area contributed by atoms with Gasteiger partial charge in [-0.15, -0.1) is 0 Å². The Morgan fingerprint density at radius 1 is 1.11 bits per heavy atom. The van der Waals surface area contributed by atoms with Crippen molar-refractivity contribution in [2.45, 2.75) is 19.0 Å². The van der Waals surface area contributed by atoms with E-state index in [9.17, 15) is 9.59 Å². The van der Waals surface area contributed by atoms with Crippen LogP contribution in [0.2, 0.25) is 0 Å². The highest BCUT2D eigenvalue weighted by Crippen LogP contribution is 2.34. The van der Waals surface area contributed by atoms with Gasteiger partial charge in [-0.1, -0.05) is 30.3 Å². The van der Waals surface area contributed by atoms with Crippen molar-refractivity contribution in [2.75, 3.05) is 33.4 Å². The molecule has 0 aromatic heterocycles. The molecule has 1 unspecified atom stereocenters. The van der Waals surface area contributed by atoms with Crippen LogP contribution in [0.15, 0.2) is 48.5 Å². The molecule has 4 rings (SSSR count). The molecule has 2 aromatic rings. The number of benzene rings is 2. The van der Waals surface area contributed by atoms with E-state index in [1.54, 1.807) is 7.11 Å². The van der Waals surface area contributed by atoms with Crippen molar-refractivity contribution >= 4 is 11.8 Å². The van der Waals surface area contributed by atoms with Gasteiger partial charge in [0.2, 0.25) is 5.91 Å². The molecule has 0 saturated carbocycles. The monoisotopic (exact) mass is 380 g/mol. The third-order valence-corrected chi connectivity index (χ3v) is 5.46. The Bertz CT molecular complexity index is 859. The summed E-state index contributed by atoms with van der Waals surface area (Å²) < 4.78 is 10.6. The molecule has 2 amide bonds. The number of morpholine rings is 1. The molecule has 6 heteroatoms. The Morgan fingerprint density at radius 2 is 1.82 bits per heavy atom. The number of rotatable bonds is 5. The van der Waals surface area contributed by atoms with Crippen molar-refractivity contribution in [3.8, 4) is 5.75 Å². The molecule has 1 saturated heterocycles. The lowest BCUT2D eigenvalue weighted by atomic mass is 10.0. The van der Waals surface area contributed by atoms with Crippen LogP contribution in [-0.4, -0.2) is 55.0 Å². The predicted octanol–water partition coefficient (Wildman–Crippen LogP) is 2.64. The van der Waals surface area contributed by atoms with Crippen LogP contribution in [0.4, 0.5) is 0 Å². The zero-order valence-corrected chi connectivity index (χ0v) is 16.0. The first-order chi connectivity index (χ1) is 13.7. The normalized spacial score (nSPS) is 17.4. The van der Waals surface area contributed by atoms with Crippen LogP contribution in [0.1, 0.15) is 33.9 Å². The average molecular weight is 380 g/mol. The third-order valence-electron chi connectivity index (χ3n) is 5.46. The first-order valence-corrected chi connectivity index (χ1v) is 9.55. The number of carbonyl (C=O) groups excluding carboxylic acids is 2. The molecule has 146 valence electrons. The molecule has 0 aliphatic carbocycles. The van der Waals surface area contributed by atoms with Crippen molar-refractivity contribution in [2.24, 2.45) is 0 Å². The minimum absolute atomic E-state index is 0.0220. The van der Waals surface area contributed by atoms with Crippen LogP contribution in [0.3, 0.4) is 0 Å². The maximum atomic E-state index is 13.0. The van der Waals surface area contributed by atoms with Gasteiger partial charge in [0.05, 0.1) is 32.8 Å². The van der Waals surface area contributed by atoms with Crippen LogP contribution in [-0.2, 0) is 16.1 Å². The molecule has 0 spiro atoms. The van der Waals surface area contributed by atoms with Crippen molar-refractivity contribution in [3.63, 3.8) is 0 Å². The quantitative estimate of drug-likeness (QED) is 0.800. The highest BCUT2D eigenvalue weighted by atomic mass is 16.5. The fourth-order valence-electron chi connectivity index (χ4n) is 3.87. The molecule has 2 heterocycles. The molecule has 0 bridgehead atoms. The zero-order chi connectivity index (χ0) is 19.5. The van der Waals surface area contributed by atoms with E-state index >= 15 is 0 Å². The summed E-state index contributed by atoms with van der Waals surface area (Å²) in [4.78, 5) is 29.6. The lowest BCUT2D eigenvalue weighted by Crippen LogP contribution is -2.42. The molecule has 2 aromatic carbocycles. The summed E-state index contributed by atoms with van der Waals surface area (Å²) in [5, 5.41) is 0. The maximum absolute atomic E-state index is 13.0. The Kier molecular flexibility index (Phi) is 5.30. The van der Waals surface area contributed by atoms with Gasteiger partial charge in [-0.05, 0) is 29.3 Å². The smallest absolute Gasteiger partial charge is 0.255 e. The summed E-state index contributed by atoms with van der Waals surface area (Å²) in [6.45, 7) is 2.84. The van der Waals surface area contributed by atoms with Crippen molar-refractivity contribution in [1.82, 2.24) is 9.80 Å². The van der Waals surface area contributed by atoms with Gasteiger partial charge >= 0.3 is 0 Å². The number of amides is 2. The third kappa shape index (κ3) is 3.60. The zero-order valence-electron chi connectivity index (χ0n) is 16.0. The number of fused-ring (bicyclic) bond motifs is 1. The Balaban J connectivity index is 1.61. The molecule has 6 nitrogen and oxygen atoms in total. The van der Waals surface area contributed by atoms with Gasteiger partial charge in [0, 0.05) is 25.2 Å². The molecule has 28 heavy (non-hydrogen) atoms. The first kappa shape index (κ1) is 18.5. The topological polar surface area (TPSA) is 59.1 Å². The molecule has 1 atom stereocenters. The second-order valence-electron chi connectivity index (χ2n) is 7.08. The van der Waals surface area contributed by atoms with Crippen molar-refractivity contribution in [3.05, 3.63) is 65.2 Å². The molecular formula is C22H24N2O4. The first-order valence-electron chi connectivity index (χ1n) is 9.55. The minimum atomic E-state index is -0.318. The van der Waals surface area contributed by atoms with Crippen LogP contribution in [0.25, 0.3) is 0 Å². The van der Waals surface area contributed by atoms with Crippen LogP contribution < -0.4 is 4.74 Å². The summed E-state index contributed by atoms with van der Waals surface area (Å²) in [6, 6.07) is 14.9. The van der Waals surface area contributed by atoms with Gasteiger partial charge in [-0.25, -0.2) is 0 Å². The van der Waals surface area contributed by atoms with E-state index in [4.69, 9.17) is 9.47 Å². The summed E-state index contributed by atoms with van der Waals surface area (Å²) in [6.07, 6.45) is 0.256. The lowest BCUT2D eigenvalue weighted by molar-refractivity contribution is -0.136. The van der Waals surface area contributed by atoms with Gasteiger partial charge in [0.25, 0.3) is 5.91 Å². The number of carbonyl (C=O) groups is 2.